The number of carbonyl (C=O) groups is 1. The quantitative estimate of drug-likeness (QED) is 0.626. The van der Waals surface area contributed by atoms with Crippen LogP contribution < -0.4 is 4.74 Å². The van der Waals surface area contributed by atoms with Crippen molar-refractivity contribution in [2.75, 3.05) is 19.6 Å². The third-order valence-corrected chi connectivity index (χ3v) is 7.36. The first-order valence-corrected chi connectivity index (χ1v) is 11.4. The fourth-order valence-corrected chi connectivity index (χ4v) is 5.74. The summed E-state index contributed by atoms with van der Waals surface area (Å²) in [6, 6.07) is 11.2. The smallest absolute Gasteiger partial charge is 0.220 e. The molecule has 3 aliphatic heterocycles. The summed E-state index contributed by atoms with van der Waals surface area (Å²) in [7, 11) is 0. The van der Waals surface area contributed by atoms with E-state index in [0.29, 0.717) is 12.0 Å². The van der Waals surface area contributed by atoms with Crippen LogP contribution in [0.1, 0.15) is 44.2 Å². The summed E-state index contributed by atoms with van der Waals surface area (Å²) in [5.74, 6) is -0.355. The maximum Gasteiger partial charge on any atom is 0.220 e. The van der Waals surface area contributed by atoms with Gasteiger partial charge in [0, 0.05) is 62.6 Å². The molecule has 1 amide bonds. The molecule has 4 nitrogen and oxygen atoms in total. The van der Waals surface area contributed by atoms with Crippen molar-refractivity contribution in [2.45, 2.75) is 44.2 Å². The van der Waals surface area contributed by atoms with Crippen molar-refractivity contribution in [3.8, 4) is 5.75 Å². The molecule has 33 heavy (non-hydrogen) atoms. The van der Waals surface area contributed by atoms with Gasteiger partial charge >= 0.3 is 0 Å². The normalized spacial score (nSPS) is 23.3. The van der Waals surface area contributed by atoms with Gasteiger partial charge in [0.2, 0.25) is 5.91 Å². The van der Waals surface area contributed by atoms with E-state index < -0.39 is 22.8 Å². The summed E-state index contributed by atoms with van der Waals surface area (Å²) in [6.45, 7) is 9.48. The lowest BCUT2D eigenvalue weighted by molar-refractivity contribution is -0.136. The highest BCUT2D eigenvalue weighted by molar-refractivity contribution is 5.83. The Morgan fingerprint density at radius 1 is 1.09 bits per heavy atom. The lowest BCUT2D eigenvalue weighted by atomic mass is 9.72. The zero-order valence-corrected chi connectivity index (χ0v) is 19.0. The molecule has 2 spiro atoms. The standard InChI is InChI=1S/C27H28F2N2O2/c1-18(2)30-12-10-26(11-13-30)17-27(23-6-4-5-7-25(23)33-26)15-20(16-31(27)19(3)32)22-14-21(28)8-9-24(22)29/h4-9,14-15H,1,10-13,16-17H2,2-3H3. The molecule has 1 atom stereocenters. The molecule has 0 saturated carbocycles. The zero-order chi connectivity index (χ0) is 23.4. The monoisotopic (exact) mass is 450 g/mol. The van der Waals surface area contributed by atoms with Crippen LogP contribution in [0.4, 0.5) is 8.78 Å². The Balaban J connectivity index is 1.64. The Morgan fingerprint density at radius 3 is 2.52 bits per heavy atom. The van der Waals surface area contributed by atoms with E-state index in [9.17, 15) is 13.6 Å². The number of benzene rings is 2. The van der Waals surface area contributed by atoms with Gasteiger partial charge < -0.3 is 14.5 Å². The molecule has 2 aromatic rings. The Bertz CT molecular complexity index is 1170. The number of hydrogen-bond acceptors (Lipinski definition) is 3. The van der Waals surface area contributed by atoms with Crippen LogP contribution in [0.2, 0.25) is 0 Å². The molecule has 0 radical (unpaired) electrons. The highest BCUT2D eigenvalue weighted by Gasteiger charge is 2.55. The van der Waals surface area contributed by atoms with Crippen LogP contribution in [-0.4, -0.2) is 40.9 Å². The lowest BCUT2D eigenvalue weighted by Crippen LogP contribution is -2.58. The minimum atomic E-state index is -0.778. The summed E-state index contributed by atoms with van der Waals surface area (Å²) >= 11 is 0. The average Bonchev–Trinajstić information content (AvgIpc) is 3.15. The van der Waals surface area contributed by atoms with Crippen LogP contribution in [0.5, 0.6) is 5.75 Å². The number of hydrogen-bond donors (Lipinski definition) is 0. The highest BCUT2D eigenvalue weighted by atomic mass is 19.1. The summed E-state index contributed by atoms with van der Waals surface area (Å²) in [4.78, 5) is 17.0. The summed E-state index contributed by atoms with van der Waals surface area (Å²) < 4.78 is 35.4. The third-order valence-electron chi connectivity index (χ3n) is 7.36. The van der Waals surface area contributed by atoms with Gasteiger partial charge in [-0.15, -0.1) is 0 Å². The number of piperidine rings is 1. The molecule has 2 aromatic carbocycles. The van der Waals surface area contributed by atoms with Crippen LogP contribution in [0.3, 0.4) is 0 Å². The van der Waals surface area contributed by atoms with E-state index in [4.69, 9.17) is 4.74 Å². The predicted octanol–water partition coefficient (Wildman–Crippen LogP) is 5.26. The number of rotatable bonds is 2. The zero-order valence-electron chi connectivity index (χ0n) is 19.0. The number of likely N-dealkylation sites (tertiary alicyclic amines) is 1. The summed E-state index contributed by atoms with van der Waals surface area (Å²) in [5, 5.41) is 0. The molecule has 6 heteroatoms. The predicted molar refractivity (Wildman–Crippen MR) is 123 cm³/mol. The molecule has 0 bridgehead atoms. The number of ether oxygens (including phenoxy) is 1. The van der Waals surface area contributed by atoms with Crippen LogP contribution >= 0.6 is 0 Å². The molecule has 1 fully saturated rings. The van der Waals surface area contributed by atoms with Crippen molar-refractivity contribution < 1.29 is 18.3 Å². The van der Waals surface area contributed by atoms with Gasteiger partial charge in [-0.3, -0.25) is 4.79 Å². The van der Waals surface area contributed by atoms with Gasteiger partial charge in [-0.1, -0.05) is 24.8 Å². The minimum absolute atomic E-state index is 0.107. The fourth-order valence-electron chi connectivity index (χ4n) is 5.74. The second-order valence-corrected chi connectivity index (χ2v) is 9.50. The molecule has 3 heterocycles. The first-order chi connectivity index (χ1) is 15.7. The SMILES string of the molecule is C=C(C)N1CCC2(CC1)CC1(C=C(c3cc(F)ccc3F)CN1C(C)=O)c1ccccc1O2. The number of nitrogens with zero attached hydrogens (tertiary/aromatic N) is 2. The van der Waals surface area contributed by atoms with Crippen molar-refractivity contribution >= 4 is 11.5 Å². The fraction of sp³-hybridized carbons (Fsp3) is 0.370. The van der Waals surface area contributed by atoms with Crippen molar-refractivity contribution in [3.63, 3.8) is 0 Å². The van der Waals surface area contributed by atoms with Crippen LogP contribution in [0.15, 0.2) is 60.8 Å². The first kappa shape index (κ1) is 21.7. The topological polar surface area (TPSA) is 32.8 Å². The third kappa shape index (κ3) is 3.52. The molecular formula is C27H28F2N2O2. The van der Waals surface area contributed by atoms with Crippen LogP contribution in [-0.2, 0) is 10.3 Å². The number of fused-ring (bicyclic) bond motifs is 2. The summed E-state index contributed by atoms with van der Waals surface area (Å²) in [6.07, 6.45) is 4.12. The van der Waals surface area contributed by atoms with E-state index in [1.807, 2.05) is 37.3 Å². The van der Waals surface area contributed by atoms with Crippen molar-refractivity contribution in [3.05, 3.63) is 83.6 Å². The first-order valence-electron chi connectivity index (χ1n) is 11.4. The Hall–Kier alpha value is -3.15. The van der Waals surface area contributed by atoms with Gasteiger partial charge in [-0.25, -0.2) is 8.78 Å². The van der Waals surface area contributed by atoms with Gasteiger partial charge in [0.05, 0.1) is 5.54 Å². The van der Waals surface area contributed by atoms with Crippen molar-refractivity contribution in [1.82, 2.24) is 9.80 Å². The van der Waals surface area contributed by atoms with E-state index in [-0.39, 0.29) is 18.0 Å². The second-order valence-electron chi connectivity index (χ2n) is 9.50. The van der Waals surface area contributed by atoms with Crippen LogP contribution in [0, 0.1) is 11.6 Å². The highest BCUT2D eigenvalue weighted by Crippen LogP contribution is 2.54. The van der Waals surface area contributed by atoms with Gasteiger partial charge in [-0.05, 0) is 42.8 Å². The van der Waals surface area contributed by atoms with Crippen molar-refractivity contribution in [2.24, 2.45) is 0 Å². The second kappa shape index (κ2) is 7.72. The Morgan fingerprint density at radius 2 is 1.82 bits per heavy atom. The maximum atomic E-state index is 14.7. The number of halogens is 2. The molecular weight excluding hydrogens is 422 g/mol. The van der Waals surface area contributed by atoms with Gasteiger partial charge in [0.15, 0.2) is 0 Å². The minimum Gasteiger partial charge on any atom is -0.487 e. The molecule has 0 aromatic heterocycles. The lowest BCUT2D eigenvalue weighted by Gasteiger charge is -2.52. The molecule has 5 rings (SSSR count). The molecule has 0 N–H and O–H groups in total. The number of amides is 1. The molecule has 172 valence electrons. The van der Waals surface area contributed by atoms with E-state index in [2.05, 4.69) is 11.5 Å². The number of para-hydroxylation sites is 1. The van der Waals surface area contributed by atoms with Crippen molar-refractivity contribution in [1.29, 1.82) is 0 Å². The largest absolute Gasteiger partial charge is 0.487 e. The van der Waals surface area contributed by atoms with Gasteiger partial charge in [0.1, 0.15) is 23.0 Å². The number of allylic oxidation sites excluding steroid dienone is 1. The van der Waals surface area contributed by atoms with E-state index in [1.54, 1.807) is 4.90 Å². The Kier molecular flexibility index (Phi) is 5.07. The molecule has 1 unspecified atom stereocenters. The van der Waals surface area contributed by atoms with E-state index >= 15 is 0 Å². The van der Waals surface area contributed by atoms with E-state index in [0.717, 1.165) is 55.1 Å². The summed E-state index contributed by atoms with van der Waals surface area (Å²) in [5.41, 5.74) is 1.51. The molecule has 0 aliphatic carbocycles. The van der Waals surface area contributed by atoms with E-state index in [1.165, 1.54) is 13.0 Å². The molecule has 3 aliphatic rings. The maximum absolute atomic E-state index is 14.7. The number of carbonyl (C=O) groups excluding carboxylic acids is 1. The molecule has 1 saturated heterocycles. The van der Waals surface area contributed by atoms with Crippen LogP contribution in [0.25, 0.3) is 5.57 Å². The van der Waals surface area contributed by atoms with Gasteiger partial charge in [-0.2, -0.15) is 0 Å². The average molecular weight is 451 g/mol. The van der Waals surface area contributed by atoms with Gasteiger partial charge in [0.25, 0.3) is 0 Å². The Labute approximate surface area is 193 Å².